The fourth-order valence-electron chi connectivity index (χ4n) is 3.03. The Hall–Kier alpha value is -1.87. The number of ether oxygens (including phenoxy) is 1. The summed E-state index contributed by atoms with van der Waals surface area (Å²) in [7, 11) is 1.27. The Morgan fingerprint density at radius 2 is 2.12 bits per heavy atom. The highest BCUT2D eigenvalue weighted by Crippen LogP contribution is 2.34. The summed E-state index contributed by atoms with van der Waals surface area (Å²) < 4.78 is 6.11. The molecular formula is C17H21N3O4S2. The number of nitrogens with zero attached hydrogens (tertiary/aromatic N) is 2. The Morgan fingerprint density at radius 1 is 1.35 bits per heavy atom. The standard InChI is InChI=1S/C17H21N3O4S2/c1-3-20-16(23)14-10-6-4-5-7-11(10)26-15(14)19-17(20)25-9-12(21)18-8-13(22)24-2/h3-9H2,1-2H3,(H,18,21). The summed E-state index contributed by atoms with van der Waals surface area (Å²) >= 11 is 2.81. The summed E-state index contributed by atoms with van der Waals surface area (Å²) in [6.07, 6.45) is 4.23. The van der Waals surface area contributed by atoms with Gasteiger partial charge in [-0.25, -0.2) is 4.98 Å². The predicted molar refractivity (Wildman–Crippen MR) is 102 cm³/mol. The molecule has 0 spiro atoms. The summed E-state index contributed by atoms with van der Waals surface area (Å²) in [6.45, 7) is 2.23. The summed E-state index contributed by atoms with van der Waals surface area (Å²) in [5.41, 5.74) is 1.15. The monoisotopic (exact) mass is 395 g/mol. The third-order valence-electron chi connectivity index (χ3n) is 4.35. The van der Waals surface area contributed by atoms with Crippen LogP contribution in [0.5, 0.6) is 0 Å². The summed E-state index contributed by atoms with van der Waals surface area (Å²) in [6, 6.07) is 0. The first kappa shape index (κ1) is 18.9. The van der Waals surface area contributed by atoms with Crippen LogP contribution in [0.15, 0.2) is 9.95 Å². The fraction of sp³-hybridized carbons (Fsp3) is 0.529. The van der Waals surface area contributed by atoms with Gasteiger partial charge < -0.3 is 10.1 Å². The lowest BCUT2D eigenvalue weighted by Gasteiger charge is -2.12. The predicted octanol–water partition coefficient (Wildman–Crippen LogP) is 1.74. The molecule has 2 heterocycles. The zero-order chi connectivity index (χ0) is 18.7. The van der Waals surface area contributed by atoms with Crippen LogP contribution in [0.2, 0.25) is 0 Å². The van der Waals surface area contributed by atoms with Gasteiger partial charge >= 0.3 is 5.97 Å². The van der Waals surface area contributed by atoms with Crippen LogP contribution in [0.25, 0.3) is 10.2 Å². The van der Waals surface area contributed by atoms with Crippen molar-refractivity contribution in [1.82, 2.24) is 14.9 Å². The molecule has 0 radical (unpaired) electrons. The van der Waals surface area contributed by atoms with Gasteiger partial charge in [-0.1, -0.05) is 11.8 Å². The van der Waals surface area contributed by atoms with Crippen LogP contribution in [0.4, 0.5) is 0 Å². The maximum atomic E-state index is 13.0. The largest absolute Gasteiger partial charge is 0.468 e. The first-order valence-corrected chi connectivity index (χ1v) is 10.4. The highest BCUT2D eigenvalue weighted by molar-refractivity contribution is 7.99. The summed E-state index contributed by atoms with van der Waals surface area (Å²) in [5.74, 6) is -0.722. The molecule has 3 rings (SSSR count). The van der Waals surface area contributed by atoms with Gasteiger partial charge in [-0.05, 0) is 38.2 Å². The van der Waals surface area contributed by atoms with Crippen LogP contribution in [0.1, 0.15) is 30.2 Å². The van der Waals surface area contributed by atoms with Gasteiger partial charge in [0.05, 0.1) is 18.2 Å². The van der Waals surface area contributed by atoms with E-state index in [-0.39, 0.29) is 23.8 Å². The van der Waals surface area contributed by atoms with Gasteiger partial charge in [0.2, 0.25) is 5.91 Å². The Balaban J connectivity index is 1.83. The van der Waals surface area contributed by atoms with E-state index in [1.807, 2.05) is 6.92 Å². The molecule has 0 saturated carbocycles. The molecule has 1 amide bonds. The minimum absolute atomic E-state index is 0.0191. The number of carbonyl (C=O) groups is 2. The molecule has 1 aliphatic rings. The number of aromatic nitrogens is 2. The maximum Gasteiger partial charge on any atom is 0.325 e. The van der Waals surface area contributed by atoms with E-state index >= 15 is 0 Å². The second kappa shape index (κ2) is 8.22. The highest BCUT2D eigenvalue weighted by Gasteiger charge is 2.22. The number of methoxy groups -OCH3 is 1. The molecule has 2 aromatic heterocycles. The SMILES string of the molecule is CCn1c(SCC(=O)NCC(=O)OC)nc2sc3c(c2c1=O)CCCC3. The molecule has 140 valence electrons. The Bertz CT molecular complexity index is 904. The number of thiophene rings is 1. The molecule has 9 heteroatoms. The first-order chi connectivity index (χ1) is 12.5. The van der Waals surface area contributed by atoms with E-state index in [4.69, 9.17) is 0 Å². The Kier molecular flexibility index (Phi) is 5.98. The van der Waals surface area contributed by atoms with Crippen molar-refractivity contribution in [1.29, 1.82) is 0 Å². The van der Waals surface area contributed by atoms with Gasteiger partial charge in [-0.3, -0.25) is 19.0 Å². The minimum atomic E-state index is -0.502. The van der Waals surface area contributed by atoms with Gasteiger partial charge in [-0.2, -0.15) is 0 Å². The van der Waals surface area contributed by atoms with Crippen LogP contribution in [0.3, 0.4) is 0 Å². The fourth-order valence-corrected chi connectivity index (χ4v) is 5.23. The van der Waals surface area contributed by atoms with E-state index in [1.165, 1.54) is 29.3 Å². The molecule has 2 aromatic rings. The molecule has 7 nitrogen and oxygen atoms in total. The minimum Gasteiger partial charge on any atom is -0.468 e. The van der Waals surface area contributed by atoms with Gasteiger partial charge in [0.25, 0.3) is 5.56 Å². The maximum absolute atomic E-state index is 13.0. The molecule has 1 aliphatic carbocycles. The van der Waals surface area contributed by atoms with Crippen LogP contribution in [-0.4, -0.2) is 40.8 Å². The second-order valence-corrected chi connectivity index (χ2v) is 8.00. The van der Waals surface area contributed by atoms with E-state index in [2.05, 4.69) is 15.0 Å². The number of fused-ring (bicyclic) bond motifs is 3. The topological polar surface area (TPSA) is 90.3 Å². The smallest absolute Gasteiger partial charge is 0.325 e. The van der Waals surface area contributed by atoms with Crippen molar-refractivity contribution in [2.24, 2.45) is 0 Å². The average Bonchev–Trinajstić information content (AvgIpc) is 3.02. The molecule has 0 aliphatic heterocycles. The lowest BCUT2D eigenvalue weighted by molar-refractivity contribution is -0.140. The molecule has 0 fully saturated rings. The van der Waals surface area contributed by atoms with E-state index in [0.29, 0.717) is 11.7 Å². The number of carbonyl (C=O) groups excluding carboxylic acids is 2. The number of esters is 1. The summed E-state index contributed by atoms with van der Waals surface area (Å²) in [4.78, 5) is 42.6. The van der Waals surface area contributed by atoms with Crippen molar-refractivity contribution in [3.8, 4) is 0 Å². The number of aryl methyl sites for hydroxylation is 2. The first-order valence-electron chi connectivity index (χ1n) is 8.56. The van der Waals surface area contributed by atoms with Crippen molar-refractivity contribution < 1.29 is 14.3 Å². The molecule has 0 aromatic carbocycles. The third kappa shape index (κ3) is 3.78. The van der Waals surface area contributed by atoms with Crippen molar-refractivity contribution in [3.63, 3.8) is 0 Å². The summed E-state index contributed by atoms with van der Waals surface area (Å²) in [5, 5.41) is 3.78. The molecule has 0 unspecified atom stereocenters. The van der Waals surface area contributed by atoms with Gasteiger partial charge in [0.1, 0.15) is 11.4 Å². The lowest BCUT2D eigenvalue weighted by atomic mass is 9.97. The van der Waals surface area contributed by atoms with E-state index in [9.17, 15) is 14.4 Å². The number of rotatable bonds is 6. The van der Waals surface area contributed by atoms with Crippen LogP contribution >= 0.6 is 23.1 Å². The zero-order valence-corrected chi connectivity index (χ0v) is 16.4. The molecule has 0 atom stereocenters. The van der Waals surface area contributed by atoms with E-state index < -0.39 is 5.97 Å². The second-order valence-electron chi connectivity index (χ2n) is 5.98. The number of nitrogens with one attached hydrogen (secondary N) is 1. The van der Waals surface area contributed by atoms with E-state index in [0.717, 1.165) is 35.9 Å². The van der Waals surface area contributed by atoms with Gasteiger partial charge in [-0.15, -0.1) is 11.3 Å². The quantitative estimate of drug-likeness (QED) is 0.455. The van der Waals surface area contributed by atoms with Gasteiger partial charge in [0.15, 0.2) is 5.16 Å². The molecule has 1 N–H and O–H groups in total. The lowest BCUT2D eigenvalue weighted by Crippen LogP contribution is -2.31. The van der Waals surface area contributed by atoms with Crippen molar-refractivity contribution in [2.75, 3.05) is 19.4 Å². The molecule has 0 bridgehead atoms. The molecular weight excluding hydrogens is 374 g/mol. The average molecular weight is 396 g/mol. The van der Waals surface area contributed by atoms with Crippen LogP contribution in [0, 0.1) is 0 Å². The van der Waals surface area contributed by atoms with Crippen molar-refractivity contribution in [3.05, 3.63) is 20.8 Å². The van der Waals surface area contributed by atoms with E-state index in [1.54, 1.807) is 15.9 Å². The Labute approximate surface area is 159 Å². The normalized spacial score (nSPS) is 13.5. The number of hydrogen-bond donors (Lipinski definition) is 1. The highest BCUT2D eigenvalue weighted by atomic mass is 32.2. The number of hydrogen-bond acceptors (Lipinski definition) is 7. The van der Waals surface area contributed by atoms with Crippen LogP contribution < -0.4 is 10.9 Å². The third-order valence-corrected chi connectivity index (χ3v) is 6.51. The Morgan fingerprint density at radius 3 is 2.85 bits per heavy atom. The molecule has 0 saturated heterocycles. The number of thioether (sulfide) groups is 1. The zero-order valence-electron chi connectivity index (χ0n) is 14.8. The molecule has 26 heavy (non-hydrogen) atoms. The number of amides is 1. The van der Waals surface area contributed by atoms with Crippen molar-refractivity contribution in [2.45, 2.75) is 44.3 Å². The van der Waals surface area contributed by atoms with Crippen molar-refractivity contribution >= 4 is 45.2 Å². The van der Waals surface area contributed by atoms with Gasteiger partial charge in [0, 0.05) is 11.4 Å². The van der Waals surface area contributed by atoms with Crippen LogP contribution in [-0.2, 0) is 33.7 Å².